The highest BCUT2D eigenvalue weighted by molar-refractivity contribution is 5.79. The van der Waals surface area contributed by atoms with Crippen LogP contribution in [0.2, 0.25) is 0 Å². The van der Waals surface area contributed by atoms with Crippen molar-refractivity contribution in [1.29, 1.82) is 0 Å². The lowest BCUT2D eigenvalue weighted by atomic mass is 9.44. The van der Waals surface area contributed by atoms with Crippen LogP contribution in [0.3, 0.4) is 0 Å². The fourth-order valence-corrected chi connectivity index (χ4v) is 11.0. The summed E-state index contributed by atoms with van der Waals surface area (Å²) in [6.45, 7) is 6.97. The number of benzene rings is 3. The number of hydrogen-bond acceptors (Lipinski definition) is 2. The molecule has 0 aromatic heterocycles. The van der Waals surface area contributed by atoms with Crippen molar-refractivity contribution in [1.82, 2.24) is 0 Å². The molecule has 220 valence electrons. The molecule has 0 unspecified atom stereocenters. The minimum absolute atomic E-state index is 0.211. The fourth-order valence-electron chi connectivity index (χ4n) is 11.0. The van der Waals surface area contributed by atoms with Crippen LogP contribution in [0.15, 0.2) is 91.0 Å². The van der Waals surface area contributed by atoms with Crippen LogP contribution in [0.5, 0.6) is 0 Å². The van der Waals surface area contributed by atoms with Gasteiger partial charge in [-0.05, 0) is 116 Å². The van der Waals surface area contributed by atoms with Crippen LogP contribution in [0.4, 0.5) is 0 Å². The maximum absolute atomic E-state index is 12.6. The quantitative estimate of drug-likeness (QED) is 0.281. The zero-order valence-corrected chi connectivity index (χ0v) is 25.8. The molecular weight excluding hydrogens is 512 g/mol. The molecule has 7 rings (SSSR count). The molecule has 0 radical (unpaired) electrons. The van der Waals surface area contributed by atoms with Gasteiger partial charge in [0.1, 0.15) is 11.4 Å². The summed E-state index contributed by atoms with van der Waals surface area (Å²) in [6, 6.07) is 32.7. The molecule has 0 aliphatic heterocycles. The Kier molecular flexibility index (Phi) is 7.21. The molecule has 4 aliphatic carbocycles. The van der Waals surface area contributed by atoms with Gasteiger partial charge in [-0.2, -0.15) is 0 Å². The number of rotatable bonds is 6. The molecule has 42 heavy (non-hydrogen) atoms. The average Bonchev–Trinajstić information content (AvgIpc) is 3.39. The topological polar surface area (TPSA) is 26.3 Å². The zero-order valence-electron chi connectivity index (χ0n) is 25.8. The van der Waals surface area contributed by atoms with E-state index in [-0.39, 0.29) is 11.5 Å². The van der Waals surface area contributed by atoms with Crippen molar-refractivity contribution >= 4 is 5.78 Å². The average molecular weight is 561 g/mol. The Labute approximate surface area is 253 Å². The monoisotopic (exact) mass is 560 g/mol. The normalized spacial score (nSPS) is 36.0. The van der Waals surface area contributed by atoms with Gasteiger partial charge in [0, 0.05) is 5.92 Å². The van der Waals surface area contributed by atoms with Crippen LogP contribution in [0.25, 0.3) is 0 Å². The van der Waals surface area contributed by atoms with E-state index in [0.717, 1.165) is 37.0 Å². The number of ether oxygens (including phenoxy) is 1. The molecule has 0 amide bonds. The second-order valence-corrected chi connectivity index (χ2v) is 14.7. The maximum atomic E-state index is 12.6. The molecule has 4 aliphatic rings. The molecule has 2 nitrogen and oxygen atoms in total. The third-order valence-electron chi connectivity index (χ3n) is 13.0. The van der Waals surface area contributed by atoms with E-state index in [2.05, 4.69) is 105 Å². The Bertz CT molecular complexity index is 1290. The zero-order chi connectivity index (χ0) is 29.0. The van der Waals surface area contributed by atoms with Gasteiger partial charge in [-0.25, -0.2) is 0 Å². The number of carbonyl (C=O) groups is 1. The van der Waals surface area contributed by atoms with Gasteiger partial charge in [0.05, 0.1) is 6.10 Å². The second-order valence-electron chi connectivity index (χ2n) is 14.7. The van der Waals surface area contributed by atoms with E-state index in [0.29, 0.717) is 23.0 Å². The molecule has 8 atom stereocenters. The highest BCUT2D eigenvalue weighted by Gasteiger charge is 2.61. The highest BCUT2D eigenvalue weighted by atomic mass is 16.5. The second kappa shape index (κ2) is 10.8. The third kappa shape index (κ3) is 4.35. The molecule has 0 saturated heterocycles. The van der Waals surface area contributed by atoms with E-state index < -0.39 is 5.60 Å². The van der Waals surface area contributed by atoms with E-state index in [1.165, 1.54) is 55.2 Å². The van der Waals surface area contributed by atoms with Crippen molar-refractivity contribution in [2.45, 2.75) is 90.3 Å². The van der Waals surface area contributed by atoms with Crippen LogP contribution < -0.4 is 0 Å². The Morgan fingerprint density at radius 2 is 1.19 bits per heavy atom. The lowest BCUT2D eigenvalue weighted by molar-refractivity contribution is -0.153. The van der Waals surface area contributed by atoms with Crippen molar-refractivity contribution in [3.05, 3.63) is 108 Å². The molecule has 4 saturated carbocycles. The van der Waals surface area contributed by atoms with E-state index in [4.69, 9.17) is 4.74 Å². The van der Waals surface area contributed by atoms with Crippen LogP contribution in [-0.2, 0) is 15.1 Å². The molecule has 3 aromatic rings. The SMILES string of the molecule is CC(=O)[C@H]1CC[C@H]2[C@@H]3CC[C@H]4C[C@@H](OC(c5ccccc5)(c5ccccc5)c5ccccc5)CC[C@]4(C)[C@H]3CC[C@]12C. The standard InChI is InChI=1S/C40H48O2/c1-28(41)35-21-22-36-34-20-19-32-27-33(23-25-38(32,2)37(34)24-26-39(35,36)3)42-40(29-13-7-4-8-14-29,30-15-9-5-10-16-30)31-17-11-6-12-18-31/h4-18,32-37H,19-27H2,1-3H3/t32-,33-,34-,35+,36-,37-,38-,39+/m0/s1. The number of fused-ring (bicyclic) bond motifs is 5. The number of ketones is 1. The van der Waals surface area contributed by atoms with Crippen molar-refractivity contribution in [3.63, 3.8) is 0 Å². The summed E-state index contributed by atoms with van der Waals surface area (Å²) in [5.74, 6) is 3.76. The lowest BCUT2D eigenvalue weighted by Crippen LogP contribution is -2.54. The van der Waals surface area contributed by atoms with Gasteiger partial charge < -0.3 is 4.74 Å². The Balaban J connectivity index is 1.19. The minimum atomic E-state index is -0.641. The Morgan fingerprint density at radius 1 is 0.667 bits per heavy atom. The number of hydrogen-bond donors (Lipinski definition) is 0. The molecule has 0 heterocycles. The first kappa shape index (κ1) is 28.1. The minimum Gasteiger partial charge on any atom is -0.358 e. The van der Waals surface area contributed by atoms with E-state index in [9.17, 15) is 4.79 Å². The summed E-state index contributed by atoms with van der Waals surface area (Å²) in [6.07, 6.45) is 11.3. The first-order valence-corrected chi connectivity index (χ1v) is 16.7. The third-order valence-corrected chi connectivity index (χ3v) is 13.0. The largest absolute Gasteiger partial charge is 0.358 e. The molecule has 0 N–H and O–H groups in total. The smallest absolute Gasteiger partial charge is 0.144 e. The summed E-state index contributed by atoms with van der Waals surface area (Å²) in [4.78, 5) is 12.6. The van der Waals surface area contributed by atoms with E-state index in [1.54, 1.807) is 0 Å². The first-order chi connectivity index (χ1) is 20.4. The van der Waals surface area contributed by atoms with Gasteiger partial charge in [-0.1, -0.05) is 105 Å². The van der Waals surface area contributed by atoms with Gasteiger partial charge in [0.25, 0.3) is 0 Å². The molecule has 4 fully saturated rings. The summed E-state index contributed by atoms with van der Waals surface area (Å²) in [5.41, 5.74) is 3.58. The van der Waals surface area contributed by atoms with Crippen LogP contribution in [0, 0.1) is 40.4 Å². The maximum Gasteiger partial charge on any atom is 0.144 e. The summed E-state index contributed by atoms with van der Waals surface area (Å²) in [5, 5.41) is 0. The Hall–Kier alpha value is -2.71. The van der Waals surface area contributed by atoms with Gasteiger partial charge in [-0.15, -0.1) is 0 Å². The van der Waals surface area contributed by atoms with Crippen LogP contribution in [-0.4, -0.2) is 11.9 Å². The summed E-state index contributed by atoms with van der Waals surface area (Å²) in [7, 11) is 0. The predicted octanol–water partition coefficient (Wildman–Crippen LogP) is 9.61. The van der Waals surface area contributed by atoms with Crippen molar-refractivity contribution < 1.29 is 9.53 Å². The van der Waals surface area contributed by atoms with Crippen molar-refractivity contribution in [2.24, 2.45) is 40.4 Å². The molecule has 0 spiro atoms. The van der Waals surface area contributed by atoms with E-state index >= 15 is 0 Å². The summed E-state index contributed by atoms with van der Waals surface area (Å²) >= 11 is 0. The molecule has 2 heteroatoms. The van der Waals surface area contributed by atoms with Gasteiger partial charge >= 0.3 is 0 Å². The molecule has 0 bridgehead atoms. The lowest BCUT2D eigenvalue weighted by Gasteiger charge is -2.61. The van der Waals surface area contributed by atoms with Crippen molar-refractivity contribution in [2.75, 3.05) is 0 Å². The van der Waals surface area contributed by atoms with Crippen LogP contribution in [0.1, 0.15) is 95.2 Å². The van der Waals surface area contributed by atoms with E-state index in [1.807, 2.05) is 6.92 Å². The Morgan fingerprint density at radius 3 is 1.74 bits per heavy atom. The number of carbonyl (C=O) groups excluding carboxylic acids is 1. The molecular formula is C40H48O2. The first-order valence-electron chi connectivity index (χ1n) is 16.7. The number of Topliss-reactive ketones (excluding diaryl/α,β-unsaturated/α-hetero) is 1. The fraction of sp³-hybridized carbons (Fsp3) is 0.525. The van der Waals surface area contributed by atoms with Crippen LogP contribution >= 0.6 is 0 Å². The van der Waals surface area contributed by atoms with Gasteiger partial charge in [-0.3, -0.25) is 4.79 Å². The van der Waals surface area contributed by atoms with Crippen molar-refractivity contribution in [3.8, 4) is 0 Å². The highest BCUT2D eigenvalue weighted by Crippen LogP contribution is 2.67. The van der Waals surface area contributed by atoms with Gasteiger partial charge in [0.15, 0.2) is 0 Å². The predicted molar refractivity (Wildman–Crippen MR) is 170 cm³/mol. The molecule has 3 aromatic carbocycles. The summed E-state index contributed by atoms with van der Waals surface area (Å²) < 4.78 is 7.56. The van der Waals surface area contributed by atoms with Gasteiger partial charge in [0.2, 0.25) is 0 Å².